The molecule has 0 radical (unpaired) electrons. The van der Waals surface area contributed by atoms with Crippen molar-refractivity contribution < 1.29 is 26.4 Å². The van der Waals surface area contributed by atoms with Gasteiger partial charge in [-0.3, -0.25) is 9.78 Å². The van der Waals surface area contributed by atoms with E-state index in [4.69, 9.17) is 0 Å². The smallest absolute Gasteiger partial charge is 0.350 e. The molecule has 0 saturated carbocycles. The number of halogens is 3. The highest BCUT2D eigenvalue weighted by Crippen LogP contribution is 2.32. The number of hydrogen-bond donors (Lipinski definition) is 1. The number of nitrogens with one attached hydrogen (secondary N) is 1. The van der Waals surface area contributed by atoms with Gasteiger partial charge in [0.05, 0.1) is 22.7 Å². The molecule has 156 valence electrons. The standard InChI is InChI=1S/C19H20F3N3O3S/c20-19(21,22)15-4-3-6-17(12-15)29(27,28)25-10-7-14(8-11-25)18(26)24-13-16-5-1-2-9-23-16/h1-6,9,12,14H,7-8,10-11,13H2,(H,24,26). The van der Waals surface area contributed by atoms with E-state index in [1.54, 1.807) is 18.3 Å². The summed E-state index contributed by atoms with van der Waals surface area (Å²) in [6.07, 6.45) is -2.40. The molecule has 10 heteroatoms. The number of alkyl halides is 3. The van der Waals surface area contributed by atoms with E-state index in [1.165, 1.54) is 0 Å². The summed E-state index contributed by atoms with van der Waals surface area (Å²) in [6.45, 7) is 0.420. The summed E-state index contributed by atoms with van der Waals surface area (Å²) in [5, 5.41) is 2.78. The minimum atomic E-state index is -4.62. The summed E-state index contributed by atoms with van der Waals surface area (Å²) in [4.78, 5) is 16.0. The molecule has 1 amide bonds. The van der Waals surface area contributed by atoms with Gasteiger partial charge < -0.3 is 5.32 Å². The molecule has 1 saturated heterocycles. The number of amides is 1. The highest BCUT2D eigenvalue weighted by atomic mass is 32.2. The zero-order chi connectivity index (χ0) is 21.1. The number of benzene rings is 1. The van der Waals surface area contributed by atoms with Gasteiger partial charge in [-0.25, -0.2) is 8.42 Å². The number of carbonyl (C=O) groups excluding carboxylic acids is 1. The number of hydrogen-bond acceptors (Lipinski definition) is 4. The van der Waals surface area contributed by atoms with Crippen molar-refractivity contribution in [1.82, 2.24) is 14.6 Å². The van der Waals surface area contributed by atoms with Crippen molar-refractivity contribution >= 4 is 15.9 Å². The van der Waals surface area contributed by atoms with E-state index in [2.05, 4.69) is 10.3 Å². The minimum absolute atomic E-state index is 0.0697. The SMILES string of the molecule is O=C(NCc1ccccn1)C1CCN(S(=O)(=O)c2cccc(C(F)(F)F)c2)CC1. The van der Waals surface area contributed by atoms with Gasteiger partial charge in [-0.15, -0.1) is 0 Å². The van der Waals surface area contributed by atoms with Gasteiger partial charge in [0.15, 0.2) is 0 Å². The van der Waals surface area contributed by atoms with Gasteiger partial charge in [-0.2, -0.15) is 17.5 Å². The Morgan fingerprint density at radius 2 is 1.86 bits per heavy atom. The van der Waals surface area contributed by atoms with Crippen LogP contribution in [-0.4, -0.2) is 36.7 Å². The van der Waals surface area contributed by atoms with Crippen LogP contribution in [0.3, 0.4) is 0 Å². The fourth-order valence-corrected chi connectivity index (χ4v) is 4.68. The molecule has 29 heavy (non-hydrogen) atoms. The first kappa shape index (κ1) is 21.3. The molecule has 6 nitrogen and oxygen atoms in total. The first-order chi connectivity index (χ1) is 13.7. The molecule has 1 aliphatic rings. The molecule has 1 fully saturated rings. The van der Waals surface area contributed by atoms with Gasteiger partial charge in [0, 0.05) is 25.2 Å². The van der Waals surface area contributed by atoms with Crippen LogP contribution in [0, 0.1) is 5.92 Å². The number of pyridine rings is 1. The third kappa shape index (κ3) is 5.13. The van der Waals surface area contributed by atoms with Gasteiger partial charge in [-0.1, -0.05) is 12.1 Å². The van der Waals surface area contributed by atoms with E-state index in [0.29, 0.717) is 24.6 Å². The summed E-state index contributed by atoms with van der Waals surface area (Å²) in [7, 11) is -4.06. The van der Waals surface area contributed by atoms with E-state index in [-0.39, 0.29) is 31.5 Å². The molecule has 2 heterocycles. The second kappa shape index (κ2) is 8.50. The molecule has 1 aromatic carbocycles. The third-order valence-electron chi connectivity index (χ3n) is 4.79. The molecular formula is C19H20F3N3O3S. The average molecular weight is 427 g/mol. The first-order valence-corrected chi connectivity index (χ1v) is 10.5. The van der Waals surface area contributed by atoms with E-state index in [1.807, 2.05) is 6.07 Å². The maximum Gasteiger partial charge on any atom is 0.416 e. The molecule has 1 N–H and O–H groups in total. The van der Waals surface area contributed by atoms with Crippen LogP contribution in [0.5, 0.6) is 0 Å². The van der Waals surface area contributed by atoms with Crippen molar-refractivity contribution in [1.29, 1.82) is 0 Å². The summed E-state index contributed by atoms with van der Waals surface area (Å²) >= 11 is 0. The topological polar surface area (TPSA) is 79.4 Å². The van der Waals surface area contributed by atoms with E-state index in [0.717, 1.165) is 22.5 Å². The van der Waals surface area contributed by atoms with Gasteiger partial charge >= 0.3 is 6.18 Å². The Morgan fingerprint density at radius 1 is 1.14 bits per heavy atom. The van der Waals surface area contributed by atoms with Crippen LogP contribution in [0.2, 0.25) is 0 Å². The lowest BCUT2D eigenvalue weighted by atomic mass is 9.97. The molecule has 2 aromatic rings. The van der Waals surface area contributed by atoms with Crippen molar-refractivity contribution in [2.45, 2.75) is 30.5 Å². The Labute approximate surface area is 166 Å². The van der Waals surface area contributed by atoms with Gasteiger partial charge in [-0.05, 0) is 43.2 Å². The van der Waals surface area contributed by atoms with Crippen molar-refractivity contribution in [2.24, 2.45) is 5.92 Å². The predicted molar refractivity (Wildman–Crippen MR) is 99.0 cm³/mol. The van der Waals surface area contributed by atoms with Crippen molar-refractivity contribution in [3.05, 3.63) is 59.9 Å². The van der Waals surface area contributed by atoms with Gasteiger partial charge in [0.25, 0.3) is 0 Å². The molecule has 0 unspecified atom stereocenters. The molecular weight excluding hydrogens is 407 g/mol. The molecule has 0 spiro atoms. The van der Waals surface area contributed by atoms with Crippen LogP contribution in [-0.2, 0) is 27.5 Å². The van der Waals surface area contributed by atoms with E-state index in [9.17, 15) is 26.4 Å². The fraction of sp³-hybridized carbons (Fsp3) is 0.368. The maximum atomic E-state index is 12.9. The zero-order valence-corrected chi connectivity index (χ0v) is 16.2. The lowest BCUT2D eigenvalue weighted by molar-refractivity contribution is -0.137. The Hall–Kier alpha value is -2.46. The van der Waals surface area contributed by atoms with E-state index >= 15 is 0 Å². The van der Waals surface area contributed by atoms with Crippen LogP contribution in [0.15, 0.2) is 53.6 Å². The molecule has 0 aliphatic carbocycles. The number of carbonyl (C=O) groups is 1. The Bertz CT molecular complexity index is 957. The minimum Gasteiger partial charge on any atom is -0.350 e. The highest BCUT2D eigenvalue weighted by molar-refractivity contribution is 7.89. The molecule has 1 aliphatic heterocycles. The molecule has 0 atom stereocenters. The number of sulfonamides is 1. The molecule has 1 aromatic heterocycles. The Balaban J connectivity index is 1.60. The predicted octanol–water partition coefficient (Wildman–Crippen LogP) is 2.82. The van der Waals surface area contributed by atoms with Crippen LogP contribution in [0.1, 0.15) is 24.1 Å². The lowest BCUT2D eigenvalue weighted by Gasteiger charge is -2.30. The van der Waals surface area contributed by atoms with Crippen LogP contribution >= 0.6 is 0 Å². The highest BCUT2D eigenvalue weighted by Gasteiger charge is 2.35. The molecule has 3 rings (SSSR count). The maximum absolute atomic E-state index is 12.9. The van der Waals surface area contributed by atoms with Crippen molar-refractivity contribution in [2.75, 3.05) is 13.1 Å². The van der Waals surface area contributed by atoms with Crippen molar-refractivity contribution in [3.8, 4) is 0 Å². The summed E-state index contributed by atoms with van der Waals surface area (Å²) < 4.78 is 65.2. The van der Waals surface area contributed by atoms with Crippen LogP contribution < -0.4 is 5.32 Å². The summed E-state index contributed by atoms with van der Waals surface area (Å²) in [6, 6.07) is 9.06. The van der Waals surface area contributed by atoms with Gasteiger partial charge in [0.1, 0.15) is 0 Å². The largest absolute Gasteiger partial charge is 0.416 e. The molecule has 0 bridgehead atoms. The Kier molecular flexibility index (Phi) is 6.23. The number of nitrogens with zero attached hydrogens (tertiary/aromatic N) is 2. The number of rotatable bonds is 5. The lowest BCUT2D eigenvalue weighted by Crippen LogP contribution is -2.42. The quantitative estimate of drug-likeness (QED) is 0.796. The third-order valence-corrected chi connectivity index (χ3v) is 6.69. The second-order valence-electron chi connectivity index (χ2n) is 6.74. The monoisotopic (exact) mass is 427 g/mol. The van der Waals surface area contributed by atoms with Crippen LogP contribution in [0.4, 0.5) is 13.2 Å². The fourth-order valence-electron chi connectivity index (χ4n) is 3.17. The number of aromatic nitrogens is 1. The summed E-state index contributed by atoms with van der Waals surface area (Å²) in [5.41, 5.74) is -0.298. The van der Waals surface area contributed by atoms with Crippen molar-refractivity contribution in [3.63, 3.8) is 0 Å². The average Bonchev–Trinajstić information content (AvgIpc) is 2.72. The summed E-state index contributed by atoms with van der Waals surface area (Å²) in [5.74, 6) is -0.543. The first-order valence-electron chi connectivity index (χ1n) is 9.03. The van der Waals surface area contributed by atoms with Crippen LogP contribution in [0.25, 0.3) is 0 Å². The van der Waals surface area contributed by atoms with E-state index < -0.39 is 26.7 Å². The normalized spacial score (nSPS) is 16.5. The second-order valence-corrected chi connectivity index (χ2v) is 8.68. The zero-order valence-electron chi connectivity index (χ0n) is 15.4. The number of piperidine rings is 1. The van der Waals surface area contributed by atoms with Gasteiger partial charge in [0.2, 0.25) is 15.9 Å². The Morgan fingerprint density at radius 3 is 2.48 bits per heavy atom.